The second kappa shape index (κ2) is 83.8. The van der Waals surface area contributed by atoms with Crippen LogP contribution in [0.1, 0.15) is 413 Å². The van der Waals surface area contributed by atoms with E-state index in [0.29, 0.717) is 194 Å². The molecule has 0 aromatic carbocycles. The Balaban J connectivity index is 5.33. The Labute approximate surface area is 718 Å². The summed E-state index contributed by atoms with van der Waals surface area (Å²) in [6.07, 6.45) is 32.6. The van der Waals surface area contributed by atoms with Crippen molar-refractivity contribution in [1.29, 1.82) is 0 Å². The van der Waals surface area contributed by atoms with Gasteiger partial charge in [0.2, 0.25) is 0 Å². The van der Waals surface area contributed by atoms with Gasteiger partial charge in [-0.25, -0.2) is 0 Å². The van der Waals surface area contributed by atoms with Crippen molar-refractivity contribution in [3.63, 3.8) is 0 Å². The lowest BCUT2D eigenvalue weighted by molar-refractivity contribution is -0.167. The molecule has 0 bridgehead atoms. The Kier molecular flexibility index (Phi) is 78.6. The first-order valence-electron chi connectivity index (χ1n) is 46.5. The number of rotatable bonds is 86. The summed E-state index contributed by atoms with van der Waals surface area (Å²) >= 11 is 0. The van der Waals surface area contributed by atoms with Crippen LogP contribution in [0.25, 0.3) is 0 Å². The molecule has 0 heterocycles. The van der Waals surface area contributed by atoms with Crippen molar-refractivity contribution in [3.8, 4) is 0 Å². The van der Waals surface area contributed by atoms with Gasteiger partial charge in [-0.1, -0.05) is 202 Å². The standard InChI is InChI=1S/C92H158O28/c1-6-11-65-107-79(93)51-37-23-16-28-42-56-84(98)112-70-76(118-90(104)62-48-34-20-25-39-53-81(95)109-67-13-8-3)72-114-86(100)58-44-30-18-32-46-60-88(102)116-74-78(120-92(106)64-50-36-22-27-41-55-83(97)111-69-15-10-5)75-117-89(103)61-47-33-19-31-45-59-87(101)115-73-77(119-91(105)63-49-35-21-26-40-54-82(96)110-68-14-9-4)71-113-85(99)57-43-29-17-24-38-52-80(94)108-66-12-7-2/h76-78H,6-75H2,1-5H3. The number of carbonyl (C=O) groups excluding carboxylic acids is 14. The Bertz CT molecular complexity index is 2530. The van der Waals surface area contributed by atoms with Crippen LogP contribution in [0, 0.1) is 0 Å². The average molecular weight is 1710 g/mol. The zero-order valence-electron chi connectivity index (χ0n) is 74.7. The largest absolute Gasteiger partial charge is 0.466 e. The average Bonchev–Trinajstić information content (AvgIpc) is 0.948. The van der Waals surface area contributed by atoms with Crippen LogP contribution in [0.2, 0.25) is 0 Å². The quantitative estimate of drug-likeness (QED) is 0.0310. The van der Waals surface area contributed by atoms with E-state index in [9.17, 15) is 67.1 Å². The fourth-order valence-electron chi connectivity index (χ4n) is 12.1. The van der Waals surface area contributed by atoms with E-state index in [0.717, 1.165) is 161 Å². The van der Waals surface area contributed by atoms with Crippen LogP contribution in [0.5, 0.6) is 0 Å². The van der Waals surface area contributed by atoms with Crippen molar-refractivity contribution in [2.24, 2.45) is 0 Å². The Hall–Kier alpha value is -7.42. The SMILES string of the molecule is CCCCOC(=O)CCCCCCCC(=O)OCC(COC(=O)CCCCCCCC(=O)OCC(COC(=O)CCCCCCCC(=O)OCC(COC(=O)CCCCCCCC(=O)OCCCC)OC(=O)CCCCCCCC(=O)OCCCC)OC(=O)CCCCCCCC(=O)OCCCC)OC(=O)CCCCCCCC(=O)OCCCC. The van der Waals surface area contributed by atoms with Crippen molar-refractivity contribution in [2.45, 2.75) is 432 Å². The highest BCUT2D eigenvalue weighted by Crippen LogP contribution is 2.19. The minimum Gasteiger partial charge on any atom is -0.466 e. The van der Waals surface area contributed by atoms with E-state index in [2.05, 4.69) is 0 Å². The van der Waals surface area contributed by atoms with Crippen molar-refractivity contribution in [3.05, 3.63) is 0 Å². The zero-order valence-corrected chi connectivity index (χ0v) is 74.7. The number of esters is 14. The lowest BCUT2D eigenvalue weighted by Crippen LogP contribution is -2.31. The maximum Gasteiger partial charge on any atom is 0.306 e. The number of hydrogen-bond donors (Lipinski definition) is 0. The summed E-state index contributed by atoms with van der Waals surface area (Å²) < 4.78 is 76.1. The van der Waals surface area contributed by atoms with Crippen molar-refractivity contribution in [2.75, 3.05) is 72.7 Å². The molecule has 0 aromatic heterocycles. The summed E-state index contributed by atoms with van der Waals surface area (Å²) in [4.78, 5) is 176. The molecule has 0 rings (SSSR count). The maximum atomic E-state index is 13.1. The third-order valence-electron chi connectivity index (χ3n) is 19.6. The molecule has 2 atom stereocenters. The molecule has 2 unspecified atom stereocenters. The molecule has 0 saturated carbocycles. The number of carbonyl (C=O) groups is 14. The fraction of sp³-hybridized carbons (Fsp3) is 0.848. The van der Waals surface area contributed by atoms with Crippen LogP contribution < -0.4 is 0 Å². The highest BCUT2D eigenvalue weighted by atomic mass is 16.6. The summed E-state index contributed by atoms with van der Waals surface area (Å²) in [5.41, 5.74) is 0. The normalized spacial score (nSPS) is 11.7. The molecule has 28 nitrogen and oxygen atoms in total. The second-order valence-corrected chi connectivity index (χ2v) is 31.2. The lowest BCUT2D eigenvalue weighted by atomic mass is 10.1. The van der Waals surface area contributed by atoms with Gasteiger partial charge in [0.05, 0.1) is 33.0 Å². The molecule has 0 aliphatic carbocycles. The molecule has 0 aromatic rings. The molecule has 0 fully saturated rings. The van der Waals surface area contributed by atoms with Gasteiger partial charge in [-0.3, -0.25) is 67.1 Å². The van der Waals surface area contributed by atoms with E-state index in [1.54, 1.807) is 0 Å². The molecule has 0 radical (unpaired) electrons. The third kappa shape index (κ3) is 79.1. The van der Waals surface area contributed by atoms with Gasteiger partial charge in [0.25, 0.3) is 0 Å². The molecular weight excluding hydrogens is 1550 g/mol. The van der Waals surface area contributed by atoms with E-state index in [1.807, 2.05) is 34.6 Å². The Morgan fingerprint density at radius 1 is 0.142 bits per heavy atom. The fourth-order valence-corrected chi connectivity index (χ4v) is 12.1. The minimum absolute atomic E-state index is 0.0629. The molecule has 0 saturated heterocycles. The van der Waals surface area contributed by atoms with E-state index in [1.165, 1.54) is 0 Å². The van der Waals surface area contributed by atoms with Gasteiger partial charge in [-0.2, -0.15) is 0 Å². The topological polar surface area (TPSA) is 368 Å². The molecule has 120 heavy (non-hydrogen) atoms. The second-order valence-electron chi connectivity index (χ2n) is 31.2. The van der Waals surface area contributed by atoms with Gasteiger partial charge in [-0.15, -0.1) is 0 Å². The van der Waals surface area contributed by atoms with Gasteiger partial charge in [-0.05, 0) is 122 Å². The summed E-state index contributed by atoms with van der Waals surface area (Å²) in [5.74, 6) is -5.64. The van der Waals surface area contributed by atoms with Crippen LogP contribution >= 0.6 is 0 Å². The van der Waals surface area contributed by atoms with Crippen LogP contribution in [-0.4, -0.2) is 175 Å². The molecule has 28 heteroatoms. The lowest BCUT2D eigenvalue weighted by Gasteiger charge is -2.18. The molecule has 0 spiro atoms. The molecule has 0 aliphatic rings. The molecule has 694 valence electrons. The molecule has 0 N–H and O–H groups in total. The highest BCUT2D eigenvalue weighted by Gasteiger charge is 2.24. The van der Waals surface area contributed by atoms with Gasteiger partial charge in [0.1, 0.15) is 39.6 Å². The van der Waals surface area contributed by atoms with E-state index >= 15 is 0 Å². The summed E-state index contributed by atoms with van der Waals surface area (Å²) in [6.45, 7) is 10.4. The van der Waals surface area contributed by atoms with Gasteiger partial charge in [0, 0.05) is 89.9 Å². The van der Waals surface area contributed by atoms with Gasteiger partial charge >= 0.3 is 83.6 Å². The van der Waals surface area contributed by atoms with Crippen molar-refractivity contribution < 1.29 is 133 Å². The van der Waals surface area contributed by atoms with Gasteiger partial charge < -0.3 is 66.3 Å². The zero-order chi connectivity index (χ0) is 88.2. The monoisotopic (exact) mass is 1710 g/mol. The summed E-state index contributed by atoms with van der Waals surface area (Å²) in [7, 11) is 0. The van der Waals surface area contributed by atoms with E-state index in [-0.39, 0.29) is 127 Å². The Morgan fingerprint density at radius 3 is 0.375 bits per heavy atom. The molecule has 0 aliphatic heterocycles. The molecule has 0 amide bonds. The number of ether oxygens (including phenoxy) is 14. The smallest absolute Gasteiger partial charge is 0.306 e. The number of hydrogen-bond acceptors (Lipinski definition) is 28. The predicted octanol–water partition coefficient (Wildman–Crippen LogP) is 18.8. The van der Waals surface area contributed by atoms with Crippen molar-refractivity contribution >= 4 is 83.6 Å². The van der Waals surface area contributed by atoms with Crippen molar-refractivity contribution in [1.82, 2.24) is 0 Å². The summed E-state index contributed by atoms with van der Waals surface area (Å²) in [5, 5.41) is 0. The number of unbranched alkanes of at least 4 members (excludes halogenated alkanes) is 33. The van der Waals surface area contributed by atoms with Crippen LogP contribution in [0.4, 0.5) is 0 Å². The van der Waals surface area contributed by atoms with Crippen LogP contribution in [-0.2, 0) is 133 Å². The first kappa shape index (κ1) is 113. The Morgan fingerprint density at radius 2 is 0.250 bits per heavy atom. The first-order valence-corrected chi connectivity index (χ1v) is 46.5. The van der Waals surface area contributed by atoms with Crippen LogP contribution in [0.3, 0.4) is 0 Å². The van der Waals surface area contributed by atoms with Crippen LogP contribution in [0.15, 0.2) is 0 Å². The maximum absolute atomic E-state index is 13.1. The van der Waals surface area contributed by atoms with Gasteiger partial charge in [0.15, 0.2) is 18.3 Å². The summed E-state index contributed by atoms with van der Waals surface area (Å²) in [6, 6.07) is 0. The molecular formula is C92H158O28. The third-order valence-corrected chi connectivity index (χ3v) is 19.6. The minimum atomic E-state index is -1.06. The highest BCUT2D eigenvalue weighted by molar-refractivity contribution is 5.74. The van der Waals surface area contributed by atoms with E-state index < -0.39 is 72.0 Å². The predicted molar refractivity (Wildman–Crippen MR) is 451 cm³/mol. The van der Waals surface area contributed by atoms with E-state index in [4.69, 9.17) is 66.3 Å². The first-order chi connectivity index (χ1) is 58.2.